The molecule has 0 bridgehead atoms. The first-order valence-electron chi connectivity index (χ1n) is 11.0. The molecule has 3 heterocycles. The van der Waals surface area contributed by atoms with Crippen molar-refractivity contribution in [2.24, 2.45) is 7.05 Å². The van der Waals surface area contributed by atoms with Gasteiger partial charge in [0.2, 0.25) is 0 Å². The van der Waals surface area contributed by atoms with Crippen LogP contribution in [0.15, 0.2) is 30.5 Å². The van der Waals surface area contributed by atoms with E-state index in [1.807, 2.05) is 29.8 Å². The van der Waals surface area contributed by atoms with Crippen LogP contribution < -0.4 is 9.80 Å². The molecule has 182 valence electrons. The molecule has 12 heteroatoms. The largest absolute Gasteiger partial charge is 0.419 e. The third-order valence-electron chi connectivity index (χ3n) is 6.90. The molecule has 1 saturated heterocycles. The Morgan fingerprint density at radius 3 is 2.60 bits per heavy atom. The van der Waals surface area contributed by atoms with Crippen molar-refractivity contribution in [2.75, 3.05) is 16.4 Å². The Labute approximate surface area is 203 Å². The monoisotopic (exact) mass is 502 g/mol. The van der Waals surface area contributed by atoms with Gasteiger partial charge in [-0.2, -0.15) is 18.4 Å². The highest BCUT2D eigenvalue weighted by atomic mass is 32.1. The van der Waals surface area contributed by atoms with E-state index in [2.05, 4.69) is 9.97 Å². The predicted octanol–water partition coefficient (Wildman–Crippen LogP) is 3.25. The Hall–Kier alpha value is -3.27. The molecule has 0 amide bonds. The molecule has 1 unspecified atom stereocenters. The zero-order chi connectivity index (χ0) is 25.1. The van der Waals surface area contributed by atoms with Gasteiger partial charge in [-0.3, -0.25) is 4.90 Å². The van der Waals surface area contributed by atoms with Crippen molar-refractivity contribution in [3.8, 4) is 6.07 Å². The minimum atomic E-state index is -4.79. The van der Waals surface area contributed by atoms with Gasteiger partial charge in [0.1, 0.15) is 11.9 Å². The molecule has 1 atom stereocenters. The lowest BCUT2D eigenvalue weighted by Gasteiger charge is -2.46. The van der Waals surface area contributed by atoms with Crippen LogP contribution in [0.25, 0.3) is 11.0 Å². The van der Waals surface area contributed by atoms with Crippen molar-refractivity contribution >= 4 is 39.7 Å². The van der Waals surface area contributed by atoms with Crippen LogP contribution in [-0.2, 0) is 19.6 Å². The van der Waals surface area contributed by atoms with E-state index in [1.165, 1.54) is 11.0 Å². The number of aliphatic hydroxyl groups is 2. The molecule has 1 spiro atoms. The van der Waals surface area contributed by atoms with E-state index in [1.54, 1.807) is 4.90 Å². The first-order chi connectivity index (χ1) is 16.6. The maximum atomic E-state index is 13.6. The highest BCUT2D eigenvalue weighted by molar-refractivity contribution is 7.80. The van der Waals surface area contributed by atoms with E-state index in [4.69, 9.17) is 17.5 Å². The van der Waals surface area contributed by atoms with Gasteiger partial charge >= 0.3 is 6.18 Å². The summed E-state index contributed by atoms with van der Waals surface area (Å²) in [6.45, 7) is -0.0387. The Morgan fingerprint density at radius 1 is 1.26 bits per heavy atom. The van der Waals surface area contributed by atoms with Crippen LogP contribution in [0.4, 0.5) is 24.5 Å². The zero-order valence-electron chi connectivity index (χ0n) is 18.6. The van der Waals surface area contributed by atoms with Crippen LogP contribution in [0.3, 0.4) is 0 Å². The lowest BCUT2D eigenvalue weighted by Crippen LogP contribution is -2.57. The van der Waals surface area contributed by atoms with Crippen LogP contribution in [0.1, 0.15) is 36.3 Å². The molecule has 1 saturated carbocycles. The topological polar surface area (TPSA) is 101 Å². The third-order valence-corrected chi connectivity index (χ3v) is 7.28. The van der Waals surface area contributed by atoms with Crippen LogP contribution in [-0.4, -0.2) is 48.2 Å². The second kappa shape index (κ2) is 8.15. The number of rotatable bonds is 4. The number of alkyl halides is 3. The van der Waals surface area contributed by atoms with Crippen molar-refractivity contribution in [3.05, 3.63) is 47.5 Å². The van der Waals surface area contributed by atoms with E-state index in [0.717, 1.165) is 24.2 Å². The van der Waals surface area contributed by atoms with Gasteiger partial charge in [-0.05, 0) is 55.7 Å². The molecule has 5 rings (SSSR count). The SMILES string of the molecule is Cn1c(CCO)nc2cc(N3C(=S)N(c4cnc(C#N)c(C(F)(F)F)c4)C(O)C34CCC4)ccc21. The van der Waals surface area contributed by atoms with Gasteiger partial charge < -0.3 is 19.7 Å². The van der Waals surface area contributed by atoms with Gasteiger partial charge in [0.25, 0.3) is 0 Å². The average Bonchev–Trinajstić information content (AvgIpc) is 3.22. The predicted molar refractivity (Wildman–Crippen MR) is 126 cm³/mol. The minimum Gasteiger partial charge on any atom is -0.396 e. The summed E-state index contributed by atoms with van der Waals surface area (Å²) in [6.07, 6.45) is -2.45. The number of nitrogens with zero attached hydrogens (tertiary/aromatic N) is 6. The summed E-state index contributed by atoms with van der Waals surface area (Å²) in [4.78, 5) is 11.4. The molecular formula is C23H21F3N6O2S. The highest BCUT2D eigenvalue weighted by Crippen LogP contribution is 2.50. The van der Waals surface area contributed by atoms with Crippen molar-refractivity contribution < 1.29 is 23.4 Å². The molecule has 1 aliphatic heterocycles. The number of aryl methyl sites for hydroxylation is 1. The van der Waals surface area contributed by atoms with E-state index in [9.17, 15) is 23.4 Å². The van der Waals surface area contributed by atoms with E-state index in [-0.39, 0.29) is 17.4 Å². The fraction of sp³-hybridized carbons (Fsp3) is 0.391. The number of halogens is 3. The quantitative estimate of drug-likeness (QED) is 0.525. The number of anilines is 2. The number of benzene rings is 1. The molecule has 1 aromatic carbocycles. The fourth-order valence-corrected chi connectivity index (χ4v) is 5.48. The zero-order valence-corrected chi connectivity index (χ0v) is 19.4. The lowest BCUT2D eigenvalue weighted by atomic mass is 9.74. The van der Waals surface area contributed by atoms with Gasteiger partial charge in [0, 0.05) is 19.2 Å². The maximum Gasteiger partial charge on any atom is 0.419 e. The minimum absolute atomic E-state index is 0.0354. The molecule has 2 N–H and O–H groups in total. The van der Waals surface area contributed by atoms with Crippen LogP contribution >= 0.6 is 12.2 Å². The number of fused-ring (bicyclic) bond motifs is 1. The van der Waals surface area contributed by atoms with Gasteiger partial charge in [0.15, 0.2) is 17.0 Å². The van der Waals surface area contributed by atoms with Crippen molar-refractivity contribution in [3.63, 3.8) is 0 Å². The number of hydrogen-bond acceptors (Lipinski definition) is 6. The van der Waals surface area contributed by atoms with Crippen molar-refractivity contribution in [2.45, 2.75) is 43.6 Å². The molecule has 2 aromatic heterocycles. The molecule has 2 aliphatic rings. The molecule has 8 nitrogen and oxygen atoms in total. The summed E-state index contributed by atoms with van der Waals surface area (Å²) in [6, 6.07) is 7.81. The number of aliphatic hydroxyl groups excluding tert-OH is 2. The Kier molecular flexibility index (Phi) is 5.47. The molecule has 3 aromatic rings. The van der Waals surface area contributed by atoms with Gasteiger partial charge in [-0.15, -0.1) is 0 Å². The Bertz CT molecular complexity index is 1380. The second-order valence-corrected chi connectivity index (χ2v) is 9.12. The second-order valence-electron chi connectivity index (χ2n) is 8.75. The average molecular weight is 503 g/mol. The smallest absolute Gasteiger partial charge is 0.396 e. The van der Waals surface area contributed by atoms with E-state index < -0.39 is 29.2 Å². The van der Waals surface area contributed by atoms with Gasteiger partial charge in [0.05, 0.1) is 40.6 Å². The number of pyridine rings is 1. The number of aromatic nitrogens is 3. The third kappa shape index (κ3) is 3.45. The van der Waals surface area contributed by atoms with Crippen LogP contribution in [0.5, 0.6) is 0 Å². The van der Waals surface area contributed by atoms with Crippen LogP contribution in [0, 0.1) is 11.3 Å². The molecule has 35 heavy (non-hydrogen) atoms. The molecule has 2 fully saturated rings. The van der Waals surface area contributed by atoms with Gasteiger partial charge in [-0.1, -0.05) is 0 Å². The van der Waals surface area contributed by atoms with Gasteiger partial charge in [-0.25, -0.2) is 9.97 Å². The lowest BCUT2D eigenvalue weighted by molar-refractivity contribution is -0.138. The summed E-state index contributed by atoms with van der Waals surface area (Å²) >= 11 is 5.70. The summed E-state index contributed by atoms with van der Waals surface area (Å²) in [5, 5.41) is 29.9. The normalized spacial score (nSPS) is 19.5. The standard InChI is InChI=1S/C23H21F3N6O2S/c1-30-18-4-3-13(10-16(18)29-19(30)5-8-33)32-21(35)31(20(34)22(32)6-2-7-22)14-9-15(23(24,25)26)17(11-27)28-12-14/h3-4,9-10,12,20,33-34H,2,5-8H2,1H3. The molecule has 1 aliphatic carbocycles. The summed E-state index contributed by atoms with van der Waals surface area (Å²) < 4.78 is 42.6. The number of imidazole rings is 1. The molecular weight excluding hydrogens is 481 g/mol. The first kappa shape index (κ1) is 23.5. The van der Waals surface area contributed by atoms with Crippen molar-refractivity contribution in [1.82, 2.24) is 14.5 Å². The summed E-state index contributed by atoms with van der Waals surface area (Å²) in [7, 11) is 1.86. The Balaban J connectivity index is 1.59. The van der Waals surface area contributed by atoms with E-state index in [0.29, 0.717) is 36.3 Å². The van der Waals surface area contributed by atoms with Crippen LogP contribution in [0.2, 0.25) is 0 Å². The summed E-state index contributed by atoms with van der Waals surface area (Å²) in [5.74, 6) is 0.715. The number of nitriles is 1. The maximum absolute atomic E-state index is 13.6. The van der Waals surface area contributed by atoms with Crippen molar-refractivity contribution in [1.29, 1.82) is 5.26 Å². The van der Waals surface area contributed by atoms with E-state index >= 15 is 0 Å². The first-order valence-corrected chi connectivity index (χ1v) is 11.4. The summed E-state index contributed by atoms with van der Waals surface area (Å²) in [5.41, 5.74) is -0.566. The number of thiocarbonyl (C=S) groups is 1. The Morgan fingerprint density at radius 2 is 2.00 bits per heavy atom. The fourth-order valence-electron chi connectivity index (χ4n) is 4.99. The molecule has 0 radical (unpaired) electrons. The number of hydrogen-bond donors (Lipinski definition) is 2. The highest BCUT2D eigenvalue weighted by Gasteiger charge is 2.59.